The van der Waals surface area contributed by atoms with Gasteiger partial charge in [0.05, 0.1) is 19.1 Å². The normalized spacial score (nSPS) is 14.3. The number of hydrogen-bond donors (Lipinski definition) is 0. The van der Waals surface area contributed by atoms with E-state index in [2.05, 4.69) is 0 Å². The van der Waals surface area contributed by atoms with Crippen molar-refractivity contribution in [2.24, 2.45) is 0 Å². The zero-order valence-electron chi connectivity index (χ0n) is 16.8. The Labute approximate surface area is 177 Å². The summed E-state index contributed by atoms with van der Waals surface area (Å²) in [5.41, 5.74) is -0.502. The standard InChI is InChI=1S/C22H21F3N2O4/c1-31-18-7-2-4-15(12-18)13-19(28)26-8-10-27(11-9-26)21(30)20(29)16-5-3-6-17(14-16)22(23,24)25/h2-7,12,14H,8-11,13H2,1H3. The lowest BCUT2D eigenvalue weighted by Gasteiger charge is -2.34. The van der Waals surface area contributed by atoms with Crippen LogP contribution in [0.4, 0.5) is 13.2 Å². The number of ether oxygens (including phenoxy) is 1. The van der Waals surface area contributed by atoms with E-state index in [4.69, 9.17) is 4.74 Å². The Kier molecular flexibility index (Phi) is 6.62. The maximum Gasteiger partial charge on any atom is 0.416 e. The lowest BCUT2D eigenvalue weighted by molar-refractivity contribution is -0.137. The number of halogens is 3. The van der Waals surface area contributed by atoms with Crippen molar-refractivity contribution in [1.82, 2.24) is 9.80 Å². The predicted molar refractivity (Wildman–Crippen MR) is 106 cm³/mol. The third kappa shape index (κ3) is 5.42. The molecule has 0 N–H and O–H groups in total. The topological polar surface area (TPSA) is 66.9 Å². The maximum atomic E-state index is 12.9. The highest BCUT2D eigenvalue weighted by molar-refractivity contribution is 6.42. The fraction of sp³-hybridized carbons (Fsp3) is 0.318. The molecular formula is C22H21F3N2O4. The monoisotopic (exact) mass is 434 g/mol. The van der Waals surface area contributed by atoms with Crippen LogP contribution in [0.15, 0.2) is 48.5 Å². The molecule has 2 aromatic carbocycles. The van der Waals surface area contributed by atoms with Gasteiger partial charge in [-0.05, 0) is 29.8 Å². The number of rotatable bonds is 5. The van der Waals surface area contributed by atoms with Crippen LogP contribution in [0.2, 0.25) is 0 Å². The van der Waals surface area contributed by atoms with E-state index < -0.39 is 23.4 Å². The van der Waals surface area contributed by atoms with E-state index in [0.29, 0.717) is 11.8 Å². The number of alkyl halides is 3. The van der Waals surface area contributed by atoms with Gasteiger partial charge >= 0.3 is 6.18 Å². The molecule has 0 atom stereocenters. The van der Waals surface area contributed by atoms with Crippen LogP contribution in [0.25, 0.3) is 0 Å². The largest absolute Gasteiger partial charge is 0.497 e. The quantitative estimate of drug-likeness (QED) is 0.536. The van der Waals surface area contributed by atoms with Crippen LogP contribution in [0, 0.1) is 0 Å². The maximum absolute atomic E-state index is 12.9. The Hall–Kier alpha value is -3.36. The third-order valence-electron chi connectivity index (χ3n) is 5.06. The molecule has 164 valence electrons. The Bertz CT molecular complexity index is 983. The van der Waals surface area contributed by atoms with E-state index in [9.17, 15) is 27.6 Å². The minimum absolute atomic E-state index is 0.121. The molecule has 0 spiro atoms. The molecule has 0 radical (unpaired) electrons. The van der Waals surface area contributed by atoms with Gasteiger partial charge in [-0.25, -0.2) is 0 Å². The molecule has 2 amide bonds. The lowest BCUT2D eigenvalue weighted by Crippen LogP contribution is -2.52. The molecule has 2 aromatic rings. The molecule has 0 bridgehead atoms. The summed E-state index contributed by atoms with van der Waals surface area (Å²) in [4.78, 5) is 40.3. The van der Waals surface area contributed by atoms with Gasteiger partial charge in [0.2, 0.25) is 11.7 Å². The molecule has 0 aromatic heterocycles. The first-order valence-electron chi connectivity index (χ1n) is 9.60. The number of benzene rings is 2. The second-order valence-electron chi connectivity index (χ2n) is 7.11. The Morgan fingerprint density at radius 2 is 1.58 bits per heavy atom. The molecule has 1 fully saturated rings. The van der Waals surface area contributed by atoms with Crippen molar-refractivity contribution in [2.45, 2.75) is 12.6 Å². The van der Waals surface area contributed by atoms with Crippen LogP contribution in [0.3, 0.4) is 0 Å². The summed E-state index contributed by atoms with van der Waals surface area (Å²) in [5.74, 6) is -1.35. The first-order valence-corrected chi connectivity index (χ1v) is 9.60. The number of ketones is 1. The Morgan fingerprint density at radius 3 is 2.23 bits per heavy atom. The number of methoxy groups -OCH3 is 1. The molecule has 0 saturated carbocycles. The summed E-state index contributed by atoms with van der Waals surface area (Å²) < 4.78 is 43.7. The number of piperazine rings is 1. The van der Waals surface area contributed by atoms with Gasteiger partial charge in [-0.15, -0.1) is 0 Å². The van der Waals surface area contributed by atoms with Gasteiger partial charge in [0.25, 0.3) is 5.91 Å². The third-order valence-corrected chi connectivity index (χ3v) is 5.06. The SMILES string of the molecule is COc1cccc(CC(=O)N2CCN(C(=O)C(=O)c3cccc(C(F)(F)F)c3)CC2)c1. The number of Topliss-reactive ketones (excluding diaryl/α,β-unsaturated/α-hetero) is 1. The van der Waals surface area contributed by atoms with E-state index >= 15 is 0 Å². The van der Waals surface area contributed by atoms with Crippen molar-refractivity contribution in [2.75, 3.05) is 33.3 Å². The van der Waals surface area contributed by atoms with Gasteiger partial charge in [0.15, 0.2) is 0 Å². The highest BCUT2D eigenvalue weighted by atomic mass is 19.4. The van der Waals surface area contributed by atoms with Gasteiger partial charge < -0.3 is 14.5 Å². The van der Waals surface area contributed by atoms with Crippen molar-refractivity contribution >= 4 is 17.6 Å². The average Bonchev–Trinajstić information content (AvgIpc) is 2.77. The van der Waals surface area contributed by atoms with Crippen LogP contribution in [-0.2, 0) is 22.2 Å². The van der Waals surface area contributed by atoms with Crippen molar-refractivity contribution < 1.29 is 32.3 Å². The highest BCUT2D eigenvalue weighted by Crippen LogP contribution is 2.29. The van der Waals surface area contributed by atoms with Crippen LogP contribution >= 0.6 is 0 Å². The van der Waals surface area contributed by atoms with Gasteiger partial charge in [0, 0.05) is 31.7 Å². The van der Waals surface area contributed by atoms with Gasteiger partial charge in [-0.2, -0.15) is 13.2 Å². The van der Waals surface area contributed by atoms with Crippen LogP contribution in [-0.4, -0.2) is 60.7 Å². The number of carbonyl (C=O) groups excluding carboxylic acids is 3. The fourth-order valence-electron chi connectivity index (χ4n) is 3.33. The smallest absolute Gasteiger partial charge is 0.416 e. The van der Waals surface area contributed by atoms with Crippen LogP contribution in [0.5, 0.6) is 5.75 Å². The molecule has 1 heterocycles. The molecule has 1 aliphatic heterocycles. The van der Waals surface area contributed by atoms with Crippen molar-refractivity contribution in [3.05, 3.63) is 65.2 Å². The zero-order chi connectivity index (χ0) is 22.6. The molecule has 1 aliphatic rings. The Morgan fingerprint density at radius 1 is 0.935 bits per heavy atom. The number of hydrogen-bond acceptors (Lipinski definition) is 4. The minimum atomic E-state index is -4.60. The van der Waals surface area contributed by atoms with Crippen molar-refractivity contribution in [3.63, 3.8) is 0 Å². The van der Waals surface area contributed by atoms with E-state index in [1.807, 2.05) is 6.07 Å². The van der Waals surface area contributed by atoms with Gasteiger partial charge in [-0.1, -0.05) is 24.3 Å². The molecular weight excluding hydrogens is 413 g/mol. The lowest BCUT2D eigenvalue weighted by atomic mass is 10.1. The van der Waals surface area contributed by atoms with Gasteiger partial charge in [0.1, 0.15) is 5.75 Å². The molecule has 31 heavy (non-hydrogen) atoms. The summed E-state index contributed by atoms with van der Waals surface area (Å²) in [5, 5.41) is 0. The molecule has 0 unspecified atom stereocenters. The summed E-state index contributed by atoms with van der Waals surface area (Å²) in [7, 11) is 1.54. The second kappa shape index (κ2) is 9.20. The minimum Gasteiger partial charge on any atom is -0.497 e. The summed E-state index contributed by atoms with van der Waals surface area (Å²) in [6, 6.07) is 10.9. The van der Waals surface area contributed by atoms with Crippen molar-refractivity contribution in [1.29, 1.82) is 0 Å². The molecule has 6 nitrogen and oxygen atoms in total. The average molecular weight is 434 g/mol. The van der Waals surface area contributed by atoms with Crippen LogP contribution in [0.1, 0.15) is 21.5 Å². The highest BCUT2D eigenvalue weighted by Gasteiger charge is 2.33. The molecule has 9 heteroatoms. The molecule has 1 saturated heterocycles. The van der Waals surface area contributed by atoms with Gasteiger partial charge in [-0.3, -0.25) is 14.4 Å². The Balaban J connectivity index is 1.58. The fourth-order valence-corrected chi connectivity index (χ4v) is 3.33. The van der Waals surface area contributed by atoms with Crippen molar-refractivity contribution in [3.8, 4) is 5.75 Å². The van der Waals surface area contributed by atoms with E-state index in [-0.39, 0.29) is 44.1 Å². The molecule has 3 rings (SSSR count). The van der Waals surface area contributed by atoms with Crippen LogP contribution < -0.4 is 4.74 Å². The number of amides is 2. The predicted octanol–water partition coefficient (Wildman–Crippen LogP) is 2.81. The first kappa shape index (κ1) is 22.3. The van der Waals surface area contributed by atoms with E-state index in [1.165, 1.54) is 18.1 Å². The number of carbonyl (C=O) groups is 3. The summed E-state index contributed by atoms with van der Waals surface area (Å²) >= 11 is 0. The summed E-state index contributed by atoms with van der Waals surface area (Å²) in [6.07, 6.45) is -4.43. The van der Waals surface area contributed by atoms with E-state index in [1.54, 1.807) is 23.1 Å². The number of nitrogens with zero attached hydrogens (tertiary/aromatic N) is 2. The first-order chi connectivity index (χ1) is 14.7. The zero-order valence-corrected chi connectivity index (χ0v) is 16.8. The van der Waals surface area contributed by atoms with E-state index in [0.717, 1.165) is 17.7 Å². The second-order valence-corrected chi connectivity index (χ2v) is 7.11. The molecule has 0 aliphatic carbocycles. The summed E-state index contributed by atoms with van der Waals surface area (Å²) in [6.45, 7) is 0.746.